The van der Waals surface area contributed by atoms with Crippen LogP contribution in [0.4, 0.5) is 5.69 Å². The van der Waals surface area contributed by atoms with Gasteiger partial charge in [0.25, 0.3) is 5.91 Å². The van der Waals surface area contributed by atoms with Crippen LogP contribution in [0.5, 0.6) is 11.5 Å². The number of halogens is 1. The van der Waals surface area contributed by atoms with Crippen molar-refractivity contribution in [3.05, 3.63) is 92.5 Å². The highest BCUT2D eigenvalue weighted by molar-refractivity contribution is 9.10. The first-order valence-corrected chi connectivity index (χ1v) is 11.7. The molecule has 3 aromatic carbocycles. The summed E-state index contributed by atoms with van der Waals surface area (Å²) >= 11 is 3.54. The molecule has 0 radical (unpaired) electrons. The number of rotatable bonds is 8. The second-order valence-corrected chi connectivity index (χ2v) is 8.82. The van der Waals surface area contributed by atoms with E-state index in [1.54, 1.807) is 12.1 Å². The highest BCUT2D eigenvalue weighted by atomic mass is 79.9. The van der Waals surface area contributed by atoms with Gasteiger partial charge in [-0.1, -0.05) is 57.9 Å². The first kappa shape index (κ1) is 25.1. The van der Waals surface area contributed by atoms with Gasteiger partial charge in [0.05, 0.1) is 6.61 Å². The molecular weight excluding hydrogens is 492 g/mol. The Morgan fingerprint density at radius 1 is 1.00 bits per heavy atom. The average molecular weight is 519 g/mol. The summed E-state index contributed by atoms with van der Waals surface area (Å²) in [5, 5.41) is 12.5. The van der Waals surface area contributed by atoms with Crippen LogP contribution in [0.3, 0.4) is 0 Å². The van der Waals surface area contributed by atoms with Gasteiger partial charge in [-0.2, -0.15) is 5.26 Å². The lowest BCUT2D eigenvalue weighted by atomic mass is 10.1. The van der Waals surface area contributed by atoms with Crippen molar-refractivity contribution in [2.75, 3.05) is 11.9 Å². The molecule has 0 atom stereocenters. The van der Waals surface area contributed by atoms with E-state index >= 15 is 0 Å². The van der Waals surface area contributed by atoms with Crippen LogP contribution in [0.15, 0.2) is 64.6 Å². The molecule has 0 aliphatic rings. The predicted molar refractivity (Wildman–Crippen MR) is 139 cm³/mol. The lowest BCUT2D eigenvalue weighted by Crippen LogP contribution is -2.14. The first-order chi connectivity index (χ1) is 16.3. The number of amides is 1. The molecule has 34 heavy (non-hydrogen) atoms. The lowest BCUT2D eigenvalue weighted by Gasteiger charge is -2.14. The van der Waals surface area contributed by atoms with Crippen molar-refractivity contribution in [3.8, 4) is 17.6 Å². The number of benzene rings is 3. The quantitative estimate of drug-likeness (QED) is 0.260. The fourth-order valence-corrected chi connectivity index (χ4v) is 3.69. The van der Waals surface area contributed by atoms with E-state index in [1.165, 1.54) is 11.6 Å². The molecule has 0 aliphatic heterocycles. The highest BCUT2D eigenvalue weighted by Gasteiger charge is 2.15. The zero-order valence-electron chi connectivity index (χ0n) is 19.7. The minimum atomic E-state index is -0.472. The Kier molecular flexibility index (Phi) is 8.50. The van der Waals surface area contributed by atoms with Crippen molar-refractivity contribution in [1.82, 2.24) is 0 Å². The maximum Gasteiger partial charge on any atom is 0.266 e. The first-order valence-electron chi connectivity index (χ1n) is 11.0. The van der Waals surface area contributed by atoms with Crippen LogP contribution in [-0.4, -0.2) is 12.5 Å². The molecule has 0 fully saturated rings. The molecule has 0 bridgehead atoms. The molecule has 0 saturated heterocycles. The van der Waals surface area contributed by atoms with Gasteiger partial charge in [-0.3, -0.25) is 4.79 Å². The third-order valence-electron chi connectivity index (χ3n) is 5.18. The zero-order valence-corrected chi connectivity index (χ0v) is 21.3. The number of hydrogen-bond acceptors (Lipinski definition) is 4. The van der Waals surface area contributed by atoms with Gasteiger partial charge < -0.3 is 14.8 Å². The molecule has 1 amide bonds. The molecule has 3 aromatic rings. The molecule has 0 heterocycles. The van der Waals surface area contributed by atoms with E-state index in [9.17, 15) is 10.1 Å². The van der Waals surface area contributed by atoms with Crippen molar-refractivity contribution in [1.29, 1.82) is 5.26 Å². The van der Waals surface area contributed by atoms with Crippen LogP contribution in [0, 0.1) is 32.1 Å². The minimum Gasteiger partial charge on any atom is -0.490 e. The summed E-state index contributed by atoms with van der Waals surface area (Å²) in [7, 11) is 0. The van der Waals surface area contributed by atoms with E-state index in [0.717, 1.165) is 16.7 Å². The molecule has 0 unspecified atom stereocenters. The number of carbonyl (C=O) groups is 1. The molecule has 0 aromatic heterocycles. The summed E-state index contributed by atoms with van der Waals surface area (Å²) in [6, 6.07) is 19.5. The van der Waals surface area contributed by atoms with Crippen LogP contribution in [-0.2, 0) is 11.4 Å². The van der Waals surface area contributed by atoms with Crippen LogP contribution < -0.4 is 14.8 Å². The molecule has 1 N–H and O–H groups in total. The van der Waals surface area contributed by atoms with Crippen molar-refractivity contribution >= 4 is 33.6 Å². The predicted octanol–water partition coefficient (Wildman–Crippen LogP) is 6.90. The highest BCUT2D eigenvalue weighted by Crippen LogP contribution is 2.35. The summed E-state index contributed by atoms with van der Waals surface area (Å²) in [6.07, 6.45) is 1.54. The van der Waals surface area contributed by atoms with E-state index < -0.39 is 5.91 Å². The van der Waals surface area contributed by atoms with E-state index in [2.05, 4.69) is 21.2 Å². The summed E-state index contributed by atoms with van der Waals surface area (Å²) in [6.45, 7) is 8.63. The summed E-state index contributed by atoms with van der Waals surface area (Å²) in [4.78, 5) is 12.8. The van der Waals surface area contributed by atoms with Crippen LogP contribution >= 0.6 is 15.9 Å². The fraction of sp³-hybridized carbons (Fsp3) is 0.214. The van der Waals surface area contributed by atoms with Crippen molar-refractivity contribution in [2.24, 2.45) is 0 Å². The molecule has 0 spiro atoms. The third kappa shape index (κ3) is 6.49. The molecule has 5 nitrogen and oxygen atoms in total. The maximum atomic E-state index is 12.8. The average Bonchev–Trinajstić information content (AvgIpc) is 2.81. The van der Waals surface area contributed by atoms with Crippen LogP contribution in [0.2, 0.25) is 0 Å². The summed E-state index contributed by atoms with van der Waals surface area (Å²) in [5.74, 6) is 0.641. The number of nitriles is 1. The van der Waals surface area contributed by atoms with Crippen LogP contribution in [0.25, 0.3) is 6.08 Å². The van der Waals surface area contributed by atoms with Crippen molar-refractivity contribution in [3.63, 3.8) is 0 Å². The number of aryl methyl sites for hydroxylation is 3. The number of anilines is 1. The van der Waals surface area contributed by atoms with Gasteiger partial charge in [0.1, 0.15) is 18.2 Å². The van der Waals surface area contributed by atoms with Crippen molar-refractivity contribution < 1.29 is 14.3 Å². The Balaban J connectivity index is 1.86. The smallest absolute Gasteiger partial charge is 0.266 e. The van der Waals surface area contributed by atoms with E-state index in [1.807, 2.05) is 76.2 Å². The fourth-order valence-electron chi connectivity index (χ4n) is 3.25. The number of ether oxygens (including phenoxy) is 2. The Morgan fingerprint density at radius 2 is 1.68 bits per heavy atom. The number of nitrogens with one attached hydrogen (secondary N) is 1. The van der Waals surface area contributed by atoms with Gasteiger partial charge in [-0.25, -0.2) is 0 Å². The van der Waals surface area contributed by atoms with Crippen molar-refractivity contribution in [2.45, 2.75) is 34.3 Å². The second kappa shape index (κ2) is 11.5. The van der Waals surface area contributed by atoms with Gasteiger partial charge in [-0.15, -0.1) is 0 Å². The molecule has 174 valence electrons. The maximum absolute atomic E-state index is 12.8. The standard InChI is InChI=1S/C28H27BrN2O3/c1-5-33-26-14-22(24(29)15-27(26)34-17-21-10-7-18(2)8-11-21)13-23(16-30)28(32)31-25-12-19(3)6-9-20(25)4/h6-15H,5,17H2,1-4H3,(H,31,32)/b23-13+. The second-order valence-electron chi connectivity index (χ2n) is 7.97. The summed E-state index contributed by atoms with van der Waals surface area (Å²) < 4.78 is 12.5. The van der Waals surface area contributed by atoms with Gasteiger partial charge in [0, 0.05) is 10.2 Å². The molecule has 6 heteroatoms. The lowest BCUT2D eigenvalue weighted by molar-refractivity contribution is -0.112. The monoisotopic (exact) mass is 518 g/mol. The SMILES string of the molecule is CCOc1cc(/C=C(\C#N)C(=O)Nc2cc(C)ccc2C)c(Br)cc1OCc1ccc(C)cc1. The number of nitrogens with zero attached hydrogens (tertiary/aromatic N) is 1. The zero-order chi connectivity index (χ0) is 24.7. The Bertz CT molecular complexity index is 1260. The van der Waals surface area contributed by atoms with Gasteiger partial charge in [-0.05, 0) is 74.2 Å². The normalized spacial score (nSPS) is 11.0. The Morgan fingerprint density at radius 3 is 2.35 bits per heavy atom. The molecule has 0 aliphatic carbocycles. The molecule has 3 rings (SSSR count). The molecular formula is C28H27BrN2O3. The number of carbonyl (C=O) groups excluding carboxylic acids is 1. The summed E-state index contributed by atoms with van der Waals surface area (Å²) in [5.41, 5.74) is 5.48. The number of hydrogen-bond donors (Lipinski definition) is 1. The molecule has 0 saturated carbocycles. The third-order valence-corrected chi connectivity index (χ3v) is 5.87. The minimum absolute atomic E-state index is 0.0163. The van der Waals surface area contributed by atoms with Gasteiger partial charge in [0.2, 0.25) is 0 Å². The largest absolute Gasteiger partial charge is 0.490 e. The van der Waals surface area contributed by atoms with Crippen LogP contribution in [0.1, 0.15) is 34.7 Å². The van der Waals surface area contributed by atoms with E-state index in [-0.39, 0.29) is 5.57 Å². The Labute approximate surface area is 209 Å². The van der Waals surface area contributed by atoms with E-state index in [0.29, 0.717) is 40.4 Å². The van der Waals surface area contributed by atoms with Gasteiger partial charge in [0.15, 0.2) is 11.5 Å². The van der Waals surface area contributed by atoms with Gasteiger partial charge >= 0.3 is 0 Å². The topological polar surface area (TPSA) is 71.3 Å². The van der Waals surface area contributed by atoms with E-state index in [4.69, 9.17) is 9.47 Å². The Hall–Kier alpha value is -3.56.